The maximum atomic E-state index is 11.8. The minimum Gasteiger partial charge on any atom is -0.345 e. The number of nitrogens with one attached hydrogen (secondary N) is 1. The fourth-order valence-electron chi connectivity index (χ4n) is 2.06. The molecule has 2 rings (SSSR count). The predicted molar refractivity (Wildman–Crippen MR) is 59.8 cm³/mol. The third-order valence-electron chi connectivity index (χ3n) is 2.99. The fraction of sp³-hybridized carbons (Fsp3) is 0.600. The van der Waals surface area contributed by atoms with Crippen LogP contribution in [-0.2, 0) is 0 Å². The Bertz CT molecular complexity index is 330. The van der Waals surface area contributed by atoms with E-state index in [0.717, 1.165) is 25.7 Å². The smallest absolute Gasteiger partial charge is 0.263 e. The van der Waals surface area contributed by atoms with Crippen molar-refractivity contribution in [2.45, 2.75) is 31.2 Å². The van der Waals surface area contributed by atoms with E-state index in [9.17, 15) is 4.79 Å². The van der Waals surface area contributed by atoms with Gasteiger partial charge in [0.15, 0.2) is 0 Å². The number of carbonyl (C=O) groups is 1. The van der Waals surface area contributed by atoms with Crippen LogP contribution in [0.15, 0.2) is 11.7 Å². The molecule has 15 heavy (non-hydrogen) atoms. The quantitative estimate of drug-likeness (QED) is 0.810. The number of thiazole rings is 1. The topological polar surface area (TPSA) is 68.0 Å². The van der Waals surface area contributed by atoms with Crippen LogP contribution in [0.3, 0.4) is 0 Å². The van der Waals surface area contributed by atoms with E-state index in [-0.39, 0.29) is 11.4 Å². The number of hydrogen-bond donors (Lipinski definition) is 2. The summed E-state index contributed by atoms with van der Waals surface area (Å²) >= 11 is 1.36. The standard InChI is InChI=1S/C10H15N3OS/c11-6-10(3-1-2-4-10)13-9(14)8-5-12-7-15-8/h5,7H,1-4,6,11H2,(H,13,14). The molecule has 82 valence electrons. The van der Waals surface area contributed by atoms with E-state index in [1.807, 2.05) is 0 Å². The molecule has 1 saturated carbocycles. The first-order valence-electron chi connectivity index (χ1n) is 5.17. The average Bonchev–Trinajstić information content (AvgIpc) is 2.88. The van der Waals surface area contributed by atoms with Gasteiger partial charge in [-0.2, -0.15) is 0 Å². The van der Waals surface area contributed by atoms with Gasteiger partial charge in [-0.15, -0.1) is 11.3 Å². The number of carbonyl (C=O) groups excluding carboxylic acids is 1. The van der Waals surface area contributed by atoms with Gasteiger partial charge in [-0.3, -0.25) is 9.78 Å². The van der Waals surface area contributed by atoms with E-state index in [1.54, 1.807) is 11.7 Å². The van der Waals surface area contributed by atoms with Gasteiger partial charge in [0.1, 0.15) is 4.88 Å². The molecule has 0 atom stereocenters. The molecule has 3 N–H and O–H groups in total. The number of aromatic nitrogens is 1. The van der Waals surface area contributed by atoms with Gasteiger partial charge in [0, 0.05) is 6.54 Å². The highest BCUT2D eigenvalue weighted by Gasteiger charge is 2.34. The number of rotatable bonds is 3. The zero-order valence-electron chi connectivity index (χ0n) is 8.53. The number of amides is 1. The maximum absolute atomic E-state index is 11.8. The first-order chi connectivity index (χ1) is 7.26. The molecule has 0 unspecified atom stereocenters. The van der Waals surface area contributed by atoms with Crippen LogP contribution in [0.25, 0.3) is 0 Å². The molecule has 0 aliphatic heterocycles. The van der Waals surface area contributed by atoms with Gasteiger partial charge in [0.2, 0.25) is 0 Å². The Morgan fingerprint density at radius 1 is 1.60 bits per heavy atom. The molecular weight excluding hydrogens is 210 g/mol. The Morgan fingerprint density at radius 2 is 2.33 bits per heavy atom. The largest absolute Gasteiger partial charge is 0.345 e. The van der Waals surface area contributed by atoms with Crippen molar-refractivity contribution in [2.75, 3.05) is 6.54 Å². The average molecular weight is 225 g/mol. The summed E-state index contributed by atoms with van der Waals surface area (Å²) in [5.74, 6) is -0.0372. The number of hydrogen-bond acceptors (Lipinski definition) is 4. The summed E-state index contributed by atoms with van der Waals surface area (Å²) in [6.45, 7) is 0.525. The van der Waals surface area contributed by atoms with Crippen molar-refractivity contribution in [3.63, 3.8) is 0 Å². The molecule has 0 spiro atoms. The third-order valence-corrected chi connectivity index (χ3v) is 3.76. The van der Waals surface area contributed by atoms with E-state index in [0.29, 0.717) is 11.4 Å². The lowest BCUT2D eigenvalue weighted by Crippen LogP contribution is -2.51. The summed E-state index contributed by atoms with van der Waals surface area (Å²) in [6, 6.07) is 0. The molecule has 5 heteroatoms. The van der Waals surface area contributed by atoms with Crippen molar-refractivity contribution in [1.82, 2.24) is 10.3 Å². The lowest BCUT2D eigenvalue weighted by Gasteiger charge is -2.28. The van der Waals surface area contributed by atoms with Gasteiger partial charge in [-0.25, -0.2) is 0 Å². The second-order valence-electron chi connectivity index (χ2n) is 4.01. The highest BCUT2D eigenvalue weighted by Crippen LogP contribution is 2.29. The van der Waals surface area contributed by atoms with E-state index < -0.39 is 0 Å². The molecule has 1 aliphatic rings. The first kappa shape index (κ1) is 10.6. The van der Waals surface area contributed by atoms with Gasteiger partial charge >= 0.3 is 0 Å². The van der Waals surface area contributed by atoms with Crippen molar-refractivity contribution >= 4 is 17.2 Å². The van der Waals surface area contributed by atoms with Crippen LogP contribution < -0.4 is 11.1 Å². The number of nitrogens with two attached hydrogens (primary N) is 1. The normalized spacial score (nSPS) is 19.0. The van der Waals surface area contributed by atoms with Crippen molar-refractivity contribution in [1.29, 1.82) is 0 Å². The Morgan fingerprint density at radius 3 is 2.87 bits per heavy atom. The minimum absolute atomic E-state index is 0.0372. The Hall–Kier alpha value is -0.940. The maximum Gasteiger partial charge on any atom is 0.263 e. The first-order valence-corrected chi connectivity index (χ1v) is 6.05. The van der Waals surface area contributed by atoms with Gasteiger partial charge in [-0.1, -0.05) is 12.8 Å². The lowest BCUT2D eigenvalue weighted by molar-refractivity contribution is 0.0907. The molecule has 1 aromatic rings. The molecule has 0 aromatic carbocycles. The van der Waals surface area contributed by atoms with Crippen molar-refractivity contribution < 1.29 is 4.79 Å². The second kappa shape index (κ2) is 4.28. The van der Waals surface area contributed by atoms with Crippen molar-refractivity contribution in [3.05, 3.63) is 16.6 Å². The highest BCUT2D eigenvalue weighted by molar-refractivity contribution is 7.11. The Balaban J connectivity index is 2.04. The summed E-state index contributed by atoms with van der Waals surface area (Å²) in [6.07, 6.45) is 5.89. The van der Waals surface area contributed by atoms with Crippen molar-refractivity contribution in [3.8, 4) is 0 Å². The fourth-order valence-corrected chi connectivity index (χ4v) is 2.58. The van der Waals surface area contributed by atoms with Gasteiger partial charge in [0.05, 0.1) is 17.2 Å². The van der Waals surface area contributed by atoms with Crippen LogP contribution >= 0.6 is 11.3 Å². The predicted octanol–water partition coefficient (Wildman–Crippen LogP) is 1.14. The highest BCUT2D eigenvalue weighted by atomic mass is 32.1. The molecule has 0 saturated heterocycles. The van der Waals surface area contributed by atoms with Gasteiger partial charge in [-0.05, 0) is 12.8 Å². The molecule has 1 fully saturated rings. The van der Waals surface area contributed by atoms with E-state index in [2.05, 4.69) is 10.3 Å². The Kier molecular flexibility index (Phi) is 3.02. The summed E-state index contributed by atoms with van der Waals surface area (Å²) in [7, 11) is 0. The van der Waals surface area contributed by atoms with Crippen LogP contribution in [-0.4, -0.2) is 23.0 Å². The molecule has 1 aliphatic carbocycles. The molecular formula is C10H15N3OS. The SMILES string of the molecule is NCC1(NC(=O)c2cncs2)CCCC1. The summed E-state index contributed by atoms with van der Waals surface area (Å²) in [4.78, 5) is 16.4. The molecule has 4 nitrogen and oxygen atoms in total. The van der Waals surface area contributed by atoms with Crippen LogP contribution in [0, 0.1) is 0 Å². The van der Waals surface area contributed by atoms with E-state index in [1.165, 1.54) is 11.3 Å². The lowest BCUT2D eigenvalue weighted by atomic mass is 9.98. The summed E-state index contributed by atoms with van der Waals surface area (Å²) in [5, 5.41) is 3.05. The molecule has 0 radical (unpaired) electrons. The van der Waals surface area contributed by atoms with Crippen molar-refractivity contribution in [2.24, 2.45) is 5.73 Å². The van der Waals surface area contributed by atoms with E-state index in [4.69, 9.17) is 5.73 Å². The van der Waals surface area contributed by atoms with E-state index >= 15 is 0 Å². The minimum atomic E-state index is -0.166. The Labute approximate surface area is 92.9 Å². The zero-order chi connectivity index (χ0) is 10.7. The van der Waals surface area contributed by atoms with Crippen LogP contribution in [0.4, 0.5) is 0 Å². The third kappa shape index (κ3) is 2.18. The monoisotopic (exact) mass is 225 g/mol. The van der Waals surface area contributed by atoms with Crippen LogP contribution in [0.5, 0.6) is 0 Å². The second-order valence-corrected chi connectivity index (χ2v) is 4.90. The van der Waals surface area contributed by atoms with Crippen LogP contribution in [0.2, 0.25) is 0 Å². The zero-order valence-corrected chi connectivity index (χ0v) is 9.35. The molecule has 1 heterocycles. The number of nitrogens with zero attached hydrogens (tertiary/aromatic N) is 1. The van der Waals surface area contributed by atoms with Gasteiger partial charge < -0.3 is 11.1 Å². The molecule has 1 amide bonds. The summed E-state index contributed by atoms with van der Waals surface area (Å²) < 4.78 is 0. The van der Waals surface area contributed by atoms with Crippen LogP contribution in [0.1, 0.15) is 35.4 Å². The molecule has 1 aromatic heterocycles. The molecule has 0 bridgehead atoms. The summed E-state index contributed by atoms with van der Waals surface area (Å²) in [5.41, 5.74) is 7.24. The van der Waals surface area contributed by atoms with Gasteiger partial charge in [0.25, 0.3) is 5.91 Å².